The molecule has 0 radical (unpaired) electrons. The Balaban J connectivity index is 2.58. The molecule has 0 aliphatic rings. The van der Waals surface area contributed by atoms with Crippen LogP contribution in [0.15, 0.2) is 12.5 Å². The molecule has 1 heterocycles. The Morgan fingerprint density at radius 1 is 1.26 bits per heavy atom. The number of nitrogens with one attached hydrogen (secondary N) is 2. The van der Waals surface area contributed by atoms with E-state index in [-0.39, 0.29) is 13.0 Å². The van der Waals surface area contributed by atoms with Gasteiger partial charge in [-0.2, -0.15) is 26.3 Å². The van der Waals surface area contributed by atoms with Crippen molar-refractivity contribution in [3.05, 3.63) is 18.2 Å². The minimum atomic E-state index is -5.67. The van der Waals surface area contributed by atoms with Crippen LogP contribution < -0.4 is 5.32 Å². The van der Waals surface area contributed by atoms with Crippen molar-refractivity contribution < 1.29 is 31.1 Å². The number of imidazole rings is 1. The van der Waals surface area contributed by atoms with E-state index in [4.69, 9.17) is 0 Å². The topological polar surface area (TPSA) is 57.8 Å². The Hall–Kier alpha value is -1.74. The van der Waals surface area contributed by atoms with Gasteiger partial charge in [0, 0.05) is 24.9 Å². The fraction of sp³-hybridized carbons (Fsp3) is 0.556. The van der Waals surface area contributed by atoms with Gasteiger partial charge in [-0.25, -0.2) is 4.98 Å². The van der Waals surface area contributed by atoms with E-state index < -0.39 is 24.2 Å². The molecule has 0 aliphatic heterocycles. The molecule has 0 atom stereocenters. The van der Waals surface area contributed by atoms with Gasteiger partial charge in [0.05, 0.1) is 6.33 Å². The Bertz CT molecular complexity index is 397. The van der Waals surface area contributed by atoms with Crippen LogP contribution in [0, 0.1) is 5.92 Å². The van der Waals surface area contributed by atoms with Crippen molar-refractivity contribution >= 4 is 5.91 Å². The molecule has 0 spiro atoms. The first kappa shape index (κ1) is 15.3. The molecule has 2 N–H and O–H groups in total. The molecule has 0 saturated heterocycles. The van der Waals surface area contributed by atoms with E-state index in [2.05, 4.69) is 9.97 Å². The first-order chi connectivity index (χ1) is 8.62. The van der Waals surface area contributed by atoms with Crippen LogP contribution in [0.25, 0.3) is 0 Å². The Morgan fingerprint density at radius 2 is 1.84 bits per heavy atom. The lowest BCUT2D eigenvalue weighted by molar-refractivity contribution is -0.274. The summed E-state index contributed by atoms with van der Waals surface area (Å²) >= 11 is 0. The first-order valence-corrected chi connectivity index (χ1v) is 5.00. The van der Waals surface area contributed by atoms with Gasteiger partial charge < -0.3 is 10.3 Å². The smallest absolute Gasteiger partial charge is 0.355 e. The fourth-order valence-corrected chi connectivity index (χ4v) is 1.33. The number of nitrogens with zero attached hydrogens (tertiary/aromatic N) is 1. The highest BCUT2D eigenvalue weighted by molar-refractivity contribution is 5.80. The molecule has 0 saturated carbocycles. The molecular weight excluding hydrogens is 280 g/mol. The monoisotopic (exact) mass is 289 g/mol. The zero-order valence-corrected chi connectivity index (χ0v) is 9.27. The van der Waals surface area contributed by atoms with Gasteiger partial charge in [-0.1, -0.05) is 0 Å². The van der Waals surface area contributed by atoms with Gasteiger partial charge in [0.1, 0.15) is 0 Å². The molecule has 10 heteroatoms. The zero-order chi connectivity index (χ0) is 14.7. The van der Waals surface area contributed by atoms with Gasteiger partial charge in [0.15, 0.2) is 0 Å². The summed E-state index contributed by atoms with van der Waals surface area (Å²) in [5.41, 5.74) is 0.482. The molecule has 0 fully saturated rings. The van der Waals surface area contributed by atoms with Gasteiger partial charge in [0.2, 0.25) is 11.8 Å². The molecule has 1 aromatic rings. The van der Waals surface area contributed by atoms with Gasteiger partial charge in [0.25, 0.3) is 0 Å². The Morgan fingerprint density at radius 3 is 2.26 bits per heavy atom. The van der Waals surface area contributed by atoms with Crippen molar-refractivity contribution in [2.45, 2.75) is 18.8 Å². The number of carbonyl (C=O) groups excluding carboxylic acids is 1. The van der Waals surface area contributed by atoms with Crippen molar-refractivity contribution in [2.75, 3.05) is 6.54 Å². The Kier molecular flexibility index (Phi) is 4.43. The van der Waals surface area contributed by atoms with Crippen molar-refractivity contribution in [3.63, 3.8) is 0 Å². The highest BCUT2D eigenvalue weighted by Crippen LogP contribution is 2.39. The number of H-pyrrole nitrogens is 1. The summed E-state index contributed by atoms with van der Waals surface area (Å²) in [5, 5.41) is 1.61. The minimum Gasteiger partial charge on any atom is -0.355 e. The molecule has 1 aromatic heterocycles. The molecule has 4 nitrogen and oxygen atoms in total. The number of aromatic amines is 1. The number of hydrogen-bond donors (Lipinski definition) is 2. The van der Waals surface area contributed by atoms with Crippen LogP contribution in [0.1, 0.15) is 5.69 Å². The molecule has 1 rings (SSSR count). The SMILES string of the molecule is O=C(NCCc1cnc[nH]1)C(C(F)(F)F)C(F)(F)F. The number of rotatable bonds is 4. The zero-order valence-electron chi connectivity index (χ0n) is 9.27. The molecule has 19 heavy (non-hydrogen) atoms. The number of amides is 1. The average Bonchev–Trinajstić information content (AvgIpc) is 2.65. The quantitative estimate of drug-likeness (QED) is 0.831. The molecule has 0 unspecified atom stereocenters. The van der Waals surface area contributed by atoms with Crippen LogP contribution in [0.2, 0.25) is 0 Å². The predicted molar refractivity (Wildman–Crippen MR) is 50.9 cm³/mol. The van der Waals surface area contributed by atoms with Crippen LogP contribution >= 0.6 is 0 Å². The minimum absolute atomic E-state index is 0.0498. The normalized spacial score (nSPS) is 12.8. The third-order valence-corrected chi connectivity index (χ3v) is 2.17. The lowest BCUT2D eigenvalue weighted by Crippen LogP contribution is -2.48. The van der Waals surface area contributed by atoms with E-state index in [1.807, 2.05) is 0 Å². The maximum Gasteiger partial charge on any atom is 0.409 e. The summed E-state index contributed by atoms with van der Waals surface area (Å²) in [7, 11) is 0. The highest BCUT2D eigenvalue weighted by atomic mass is 19.4. The van der Waals surface area contributed by atoms with Gasteiger partial charge in [-0.3, -0.25) is 4.79 Å². The third kappa shape index (κ3) is 4.45. The molecule has 0 aliphatic carbocycles. The lowest BCUT2D eigenvalue weighted by atomic mass is 10.1. The van der Waals surface area contributed by atoms with E-state index in [9.17, 15) is 31.1 Å². The molecule has 0 aromatic carbocycles. The second kappa shape index (κ2) is 5.49. The molecular formula is C9H9F6N3O. The average molecular weight is 289 g/mol. The summed E-state index contributed by atoms with van der Waals surface area (Å²) in [6.07, 6.45) is -8.65. The number of hydrogen-bond acceptors (Lipinski definition) is 2. The van der Waals surface area contributed by atoms with Crippen molar-refractivity contribution in [1.29, 1.82) is 0 Å². The van der Waals surface area contributed by atoms with Crippen molar-refractivity contribution in [2.24, 2.45) is 5.92 Å². The number of halogens is 6. The first-order valence-electron chi connectivity index (χ1n) is 5.00. The molecule has 108 valence electrons. The predicted octanol–water partition coefficient (Wildman–Crippen LogP) is 1.81. The van der Waals surface area contributed by atoms with Crippen LogP contribution in [0.3, 0.4) is 0 Å². The van der Waals surface area contributed by atoms with Gasteiger partial charge in [-0.15, -0.1) is 0 Å². The number of alkyl halides is 6. The fourth-order valence-electron chi connectivity index (χ4n) is 1.33. The van der Waals surface area contributed by atoms with Gasteiger partial charge >= 0.3 is 12.4 Å². The van der Waals surface area contributed by atoms with Crippen LogP contribution in [-0.4, -0.2) is 34.8 Å². The summed E-state index contributed by atoms with van der Waals surface area (Å²) < 4.78 is 73.0. The maximum absolute atomic E-state index is 12.2. The van der Waals surface area contributed by atoms with Crippen LogP contribution in [0.4, 0.5) is 26.3 Å². The summed E-state index contributed by atoms with van der Waals surface area (Å²) in [4.78, 5) is 17.2. The van der Waals surface area contributed by atoms with E-state index >= 15 is 0 Å². The lowest BCUT2D eigenvalue weighted by Gasteiger charge is -2.21. The summed E-state index contributed by atoms with van der Waals surface area (Å²) in [6.45, 7) is -0.357. The summed E-state index contributed by atoms with van der Waals surface area (Å²) in [5.74, 6) is -6.12. The standard InChI is InChI=1S/C9H9F6N3O/c10-8(11,12)6(9(13,14)15)7(19)17-2-1-5-3-16-4-18-5/h3-4,6H,1-2H2,(H,16,18)(H,17,19). The second-order valence-corrected chi connectivity index (χ2v) is 3.63. The van der Waals surface area contributed by atoms with E-state index in [1.165, 1.54) is 12.5 Å². The molecule has 1 amide bonds. The Labute approximate surface area is 103 Å². The highest BCUT2D eigenvalue weighted by Gasteiger charge is 2.60. The number of carbonyl (C=O) groups is 1. The van der Waals surface area contributed by atoms with Crippen molar-refractivity contribution in [1.82, 2.24) is 15.3 Å². The third-order valence-electron chi connectivity index (χ3n) is 2.17. The van der Waals surface area contributed by atoms with E-state index in [1.54, 1.807) is 5.32 Å². The van der Waals surface area contributed by atoms with E-state index in [0.717, 1.165) is 0 Å². The van der Waals surface area contributed by atoms with Crippen LogP contribution in [0.5, 0.6) is 0 Å². The second-order valence-electron chi connectivity index (χ2n) is 3.63. The largest absolute Gasteiger partial charge is 0.409 e. The van der Waals surface area contributed by atoms with E-state index in [0.29, 0.717) is 5.69 Å². The van der Waals surface area contributed by atoms with Crippen LogP contribution in [-0.2, 0) is 11.2 Å². The number of aromatic nitrogens is 2. The van der Waals surface area contributed by atoms with Gasteiger partial charge in [-0.05, 0) is 0 Å². The van der Waals surface area contributed by atoms with Crippen molar-refractivity contribution in [3.8, 4) is 0 Å². The maximum atomic E-state index is 12.2. The summed E-state index contributed by atoms with van der Waals surface area (Å²) in [6, 6.07) is 0. The molecule has 0 bridgehead atoms.